The first-order valence-electron chi connectivity index (χ1n) is 5.94. The molecule has 2 rings (SSSR count). The Kier molecular flexibility index (Phi) is 3.78. The lowest BCUT2D eigenvalue weighted by molar-refractivity contribution is -0.136. The Morgan fingerprint density at radius 1 is 1.50 bits per heavy atom. The summed E-state index contributed by atoms with van der Waals surface area (Å²) in [4.78, 5) is 15.7. The Labute approximate surface area is 112 Å². The molecule has 1 aromatic rings. The highest BCUT2D eigenvalue weighted by Gasteiger charge is 2.36. The number of carbonyl (C=O) groups is 1. The fourth-order valence-corrected chi connectivity index (χ4v) is 2.42. The minimum atomic E-state index is -0.523. The highest BCUT2D eigenvalue weighted by atomic mass is 35.5. The number of piperazine rings is 1. The first-order chi connectivity index (χ1) is 8.54. The molecule has 1 aromatic carbocycles. The van der Waals surface area contributed by atoms with Crippen molar-refractivity contribution in [3.63, 3.8) is 0 Å². The molecular weight excluding hydrogens is 252 g/mol. The van der Waals surface area contributed by atoms with E-state index in [9.17, 15) is 9.90 Å². The summed E-state index contributed by atoms with van der Waals surface area (Å²) in [6.45, 7) is 2.49. The van der Waals surface area contributed by atoms with Gasteiger partial charge >= 0.3 is 0 Å². The number of aliphatic hydroxyl groups excluding tert-OH is 1. The van der Waals surface area contributed by atoms with Crippen molar-refractivity contribution in [1.82, 2.24) is 4.90 Å². The SMILES string of the molecule is CC1CN(c2cccc(Cl)c2)C(CO)C(=O)N1C. The van der Waals surface area contributed by atoms with Crippen molar-refractivity contribution in [2.45, 2.75) is 19.0 Å². The molecule has 98 valence electrons. The second kappa shape index (κ2) is 5.16. The molecule has 0 radical (unpaired) electrons. The molecule has 4 nitrogen and oxygen atoms in total. The van der Waals surface area contributed by atoms with E-state index in [0.29, 0.717) is 11.6 Å². The highest BCUT2D eigenvalue weighted by Crippen LogP contribution is 2.25. The van der Waals surface area contributed by atoms with Crippen LogP contribution < -0.4 is 4.90 Å². The number of anilines is 1. The molecule has 1 N–H and O–H groups in total. The lowest BCUT2D eigenvalue weighted by Gasteiger charge is -2.43. The van der Waals surface area contributed by atoms with Crippen LogP contribution in [0.4, 0.5) is 5.69 Å². The summed E-state index contributed by atoms with van der Waals surface area (Å²) < 4.78 is 0. The van der Waals surface area contributed by atoms with Crippen molar-refractivity contribution in [2.75, 3.05) is 25.1 Å². The fourth-order valence-electron chi connectivity index (χ4n) is 2.24. The quantitative estimate of drug-likeness (QED) is 0.881. The molecule has 0 bridgehead atoms. The highest BCUT2D eigenvalue weighted by molar-refractivity contribution is 6.30. The molecule has 1 amide bonds. The van der Waals surface area contributed by atoms with E-state index in [1.165, 1.54) is 0 Å². The van der Waals surface area contributed by atoms with Crippen molar-refractivity contribution >= 4 is 23.2 Å². The van der Waals surface area contributed by atoms with Crippen LogP contribution in [0.2, 0.25) is 5.02 Å². The monoisotopic (exact) mass is 268 g/mol. The maximum Gasteiger partial charge on any atom is 0.247 e. The van der Waals surface area contributed by atoms with E-state index in [4.69, 9.17) is 11.6 Å². The molecule has 1 heterocycles. The maximum absolute atomic E-state index is 12.1. The van der Waals surface area contributed by atoms with Crippen LogP contribution in [-0.2, 0) is 4.79 Å². The smallest absolute Gasteiger partial charge is 0.247 e. The third kappa shape index (κ3) is 2.31. The first kappa shape index (κ1) is 13.2. The van der Waals surface area contributed by atoms with E-state index in [2.05, 4.69) is 0 Å². The molecule has 1 saturated heterocycles. The molecule has 18 heavy (non-hydrogen) atoms. The standard InChI is InChI=1S/C13H17ClN2O2/c1-9-7-16(11-5-3-4-10(14)6-11)12(8-17)13(18)15(9)2/h3-6,9,12,17H,7-8H2,1-2H3. The maximum atomic E-state index is 12.1. The van der Waals surface area contributed by atoms with Crippen LogP contribution in [0.15, 0.2) is 24.3 Å². The summed E-state index contributed by atoms with van der Waals surface area (Å²) in [5.41, 5.74) is 0.870. The number of benzene rings is 1. The van der Waals surface area contributed by atoms with Crippen LogP contribution in [-0.4, -0.2) is 48.2 Å². The largest absolute Gasteiger partial charge is 0.394 e. The van der Waals surface area contributed by atoms with Gasteiger partial charge in [0.15, 0.2) is 0 Å². The zero-order chi connectivity index (χ0) is 13.3. The van der Waals surface area contributed by atoms with Crippen LogP contribution in [0.1, 0.15) is 6.92 Å². The van der Waals surface area contributed by atoms with Crippen molar-refractivity contribution in [3.05, 3.63) is 29.3 Å². The number of hydrogen-bond donors (Lipinski definition) is 1. The Balaban J connectivity index is 2.33. The van der Waals surface area contributed by atoms with Crippen molar-refractivity contribution in [1.29, 1.82) is 0 Å². The molecule has 0 saturated carbocycles. The Hall–Kier alpha value is -1.26. The summed E-state index contributed by atoms with van der Waals surface area (Å²) in [6.07, 6.45) is 0. The van der Waals surface area contributed by atoms with Crippen LogP contribution in [0.5, 0.6) is 0 Å². The van der Waals surface area contributed by atoms with Gasteiger partial charge in [-0.05, 0) is 25.1 Å². The summed E-state index contributed by atoms with van der Waals surface area (Å²) in [7, 11) is 1.77. The van der Waals surface area contributed by atoms with Gasteiger partial charge in [-0.2, -0.15) is 0 Å². The number of carbonyl (C=O) groups excluding carboxylic acids is 1. The second-order valence-electron chi connectivity index (χ2n) is 4.63. The summed E-state index contributed by atoms with van der Waals surface area (Å²) in [5.74, 6) is -0.0591. The van der Waals surface area contributed by atoms with Gasteiger partial charge in [0, 0.05) is 30.3 Å². The van der Waals surface area contributed by atoms with E-state index >= 15 is 0 Å². The average molecular weight is 269 g/mol. The van der Waals surface area contributed by atoms with Crippen LogP contribution >= 0.6 is 11.6 Å². The van der Waals surface area contributed by atoms with E-state index in [1.807, 2.05) is 30.0 Å². The van der Waals surface area contributed by atoms with Gasteiger partial charge in [0.1, 0.15) is 6.04 Å². The molecule has 1 fully saturated rings. The Bertz CT molecular complexity index is 452. The average Bonchev–Trinajstić information content (AvgIpc) is 2.35. The van der Waals surface area contributed by atoms with Crippen LogP contribution in [0.3, 0.4) is 0 Å². The fraction of sp³-hybridized carbons (Fsp3) is 0.462. The summed E-state index contributed by atoms with van der Waals surface area (Å²) in [5, 5.41) is 10.1. The van der Waals surface area contributed by atoms with E-state index in [1.54, 1.807) is 18.0 Å². The normalized spacial score (nSPS) is 24.6. The first-order valence-corrected chi connectivity index (χ1v) is 6.32. The number of amides is 1. The third-order valence-electron chi connectivity index (χ3n) is 3.44. The minimum absolute atomic E-state index is 0.0591. The number of aliphatic hydroxyl groups is 1. The van der Waals surface area contributed by atoms with E-state index in [-0.39, 0.29) is 18.6 Å². The van der Waals surface area contributed by atoms with Crippen LogP contribution in [0.25, 0.3) is 0 Å². The van der Waals surface area contributed by atoms with Gasteiger partial charge in [0.2, 0.25) is 5.91 Å². The number of nitrogens with zero attached hydrogens (tertiary/aromatic N) is 2. The predicted molar refractivity (Wildman–Crippen MR) is 71.9 cm³/mol. The number of rotatable bonds is 2. The predicted octanol–water partition coefficient (Wildman–Crippen LogP) is 1.37. The van der Waals surface area contributed by atoms with Crippen LogP contribution in [0, 0.1) is 0 Å². The number of hydrogen-bond acceptors (Lipinski definition) is 3. The summed E-state index contributed by atoms with van der Waals surface area (Å²) >= 11 is 5.97. The van der Waals surface area contributed by atoms with Gasteiger partial charge in [-0.1, -0.05) is 17.7 Å². The second-order valence-corrected chi connectivity index (χ2v) is 5.07. The third-order valence-corrected chi connectivity index (χ3v) is 3.68. The van der Waals surface area contributed by atoms with Gasteiger partial charge in [0.05, 0.1) is 6.61 Å². The molecule has 2 unspecified atom stereocenters. The minimum Gasteiger partial charge on any atom is -0.394 e. The molecule has 0 aromatic heterocycles. The van der Waals surface area contributed by atoms with Crippen molar-refractivity contribution < 1.29 is 9.90 Å². The molecule has 1 aliphatic rings. The van der Waals surface area contributed by atoms with Gasteiger partial charge in [-0.3, -0.25) is 4.79 Å². The molecule has 1 aliphatic heterocycles. The topological polar surface area (TPSA) is 43.8 Å². The molecule has 5 heteroatoms. The van der Waals surface area contributed by atoms with E-state index in [0.717, 1.165) is 5.69 Å². The van der Waals surface area contributed by atoms with E-state index < -0.39 is 6.04 Å². The Morgan fingerprint density at radius 3 is 2.83 bits per heavy atom. The zero-order valence-electron chi connectivity index (χ0n) is 10.5. The molecule has 2 atom stereocenters. The van der Waals surface area contributed by atoms with Gasteiger partial charge in [-0.25, -0.2) is 0 Å². The van der Waals surface area contributed by atoms with Gasteiger partial charge < -0.3 is 14.9 Å². The number of halogens is 1. The lowest BCUT2D eigenvalue weighted by atomic mass is 10.1. The lowest BCUT2D eigenvalue weighted by Crippen LogP contribution is -2.61. The van der Waals surface area contributed by atoms with Crippen molar-refractivity contribution in [3.8, 4) is 0 Å². The Morgan fingerprint density at radius 2 is 2.22 bits per heavy atom. The van der Waals surface area contributed by atoms with Gasteiger partial charge in [0.25, 0.3) is 0 Å². The molecular formula is C13H17ClN2O2. The summed E-state index contributed by atoms with van der Waals surface area (Å²) in [6, 6.07) is 6.94. The van der Waals surface area contributed by atoms with Gasteiger partial charge in [-0.15, -0.1) is 0 Å². The van der Waals surface area contributed by atoms with Crippen molar-refractivity contribution in [2.24, 2.45) is 0 Å². The number of likely N-dealkylation sites (N-methyl/N-ethyl adjacent to an activating group) is 1. The molecule has 0 aliphatic carbocycles. The zero-order valence-corrected chi connectivity index (χ0v) is 11.3. The molecule has 0 spiro atoms.